The fourth-order valence-electron chi connectivity index (χ4n) is 4.11. The van der Waals surface area contributed by atoms with Crippen molar-refractivity contribution in [2.75, 3.05) is 12.3 Å². The second-order valence-corrected chi connectivity index (χ2v) is 8.20. The van der Waals surface area contributed by atoms with E-state index in [0.717, 1.165) is 46.0 Å². The normalized spacial score (nSPS) is 16.8. The average molecular weight is 420 g/mol. The van der Waals surface area contributed by atoms with Crippen LogP contribution in [0.4, 0.5) is 5.69 Å². The van der Waals surface area contributed by atoms with E-state index in [2.05, 4.69) is 21.4 Å². The highest BCUT2D eigenvalue weighted by molar-refractivity contribution is 6.31. The molecule has 2 aromatic carbocycles. The zero-order valence-electron chi connectivity index (χ0n) is 16.4. The maximum absolute atomic E-state index is 12.9. The summed E-state index contributed by atoms with van der Waals surface area (Å²) in [6, 6.07) is 15.5. The summed E-state index contributed by atoms with van der Waals surface area (Å²) < 4.78 is 0. The van der Waals surface area contributed by atoms with Gasteiger partial charge in [-0.2, -0.15) is 0 Å². The summed E-state index contributed by atoms with van der Waals surface area (Å²) in [5.41, 5.74) is 10.7. The van der Waals surface area contributed by atoms with Gasteiger partial charge in [0.25, 0.3) is 0 Å². The quantitative estimate of drug-likeness (QED) is 0.458. The van der Waals surface area contributed by atoms with Crippen LogP contribution in [0.25, 0.3) is 21.8 Å². The molecule has 5 rings (SSSR count). The average Bonchev–Trinajstić information content (AvgIpc) is 3.29. The molecule has 152 valence electrons. The number of aromatic nitrogens is 2. The molecule has 1 amide bonds. The second kappa shape index (κ2) is 7.63. The number of benzene rings is 2. The number of anilines is 1. The lowest BCUT2D eigenvalue weighted by atomic mass is 10.1. The molecule has 1 aliphatic heterocycles. The summed E-state index contributed by atoms with van der Waals surface area (Å²) in [6.45, 7) is 1.92. The molecule has 0 spiro atoms. The molecule has 1 saturated heterocycles. The predicted octanol–water partition coefficient (Wildman–Crippen LogP) is 3.84. The van der Waals surface area contributed by atoms with Crippen molar-refractivity contribution in [1.82, 2.24) is 20.2 Å². The Morgan fingerprint density at radius 2 is 2.10 bits per heavy atom. The van der Waals surface area contributed by atoms with E-state index in [4.69, 9.17) is 17.3 Å². The first-order chi connectivity index (χ1) is 14.6. The lowest BCUT2D eigenvalue weighted by Gasteiger charge is -2.17. The molecule has 4 N–H and O–H groups in total. The lowest BCUT2D eigenvalue weighted by Crippen LogP contribution is -2.37. The number of carbonyl (C=O) groups excluding carboxylic acids is 1. The van der Waals surface area contributed by atoms with Crippen molar-refractivity contribution in [1.29, 1.82) is 0 Å². The number of H-pyrrole nitrogens is 1. The van der Waals surface area contributed by atoms with Crippen LogP contribution < -0.4 is 11.1 Å². The molecule has 0 aliphatic carbocycles. The van der Waals surface area contributed by atoms with E-state index in [-0.39, 0.29) is 11.9 Å². The minimum atomic E-state index is -0.172. The Morgan fingerprint density at radius 3 is 3.00 bits per heavy atom. The van der Waals surface area contributed by atoms with Gasteiger partial charge in [0.05, 0.1) is 11.6 Å². The predicted molar refractivity (Wildman–Crippen MR) is 120 cm³/mol. The van der Waals surface area contributed by atoms with Crippen molar-refractivity contribution in [3.05, 3.63) is 71.0 Å². The molecule has 4 aromatic rings. The van der Waals surface area contributed by atoms with Crippen LogP contribution in [0.2, 0.25) is 5.02 Å². The van der Waals surface area contributed by atoms with Crippen LogP contribution in [-0.4, -0.2) is 33.4 Å². The van der Waals surface area contributed by atoms with Gasteiger partial charge in [0.2, 0.25) is 5.91 Å². The number of halogens is 1. The fourth-order valence-corrected chi connectivity index (χ4v) is 4.29. The number of rotatable bonds is 5. The molecule has 0 bridgehead atoms. The van der Waals surface area contributed by atoms with Crippen molar-refractivity contribution in [3.63, 3.8) is 0 Å². The molecule has 1 atom stereocenters. The van der Waals surface area contributed by atoms with E-state index in [9.17, 15) is 4.79 Å². The van der Waals surface area contributed by atoms with E-state index in [1.165, 1.54) is 0 Å². The van der Waals surface area contributed by atoms with Gasteiger partial charge in [0.15, 0.2) is 0 Å². The van der Waals surface area contributed by atoms with Gasteiger partial charge in [-0.1, -0.05) is 23.7 Å². The molecule has 6 nitrogen and oxygen atoms in total. The molecule has 7 heteroatoms. The Morgan fingerprint density at radius 1 is 1.20 bits per heavy atom. The van der Waals surface area contributed by atoms with Crippen molar-refractivity contribution < 1.29 is 4.79 Å². The van der Waals surface area contributed by atoms with Gasteiger partial charge < -0.3 is 20.9 Å². The molecule has 1 unspecified atom stereocenters. The maximum atomic E-state index is 12.9. The molecule has 0 saturated carbocycles. The van der Waals surface area contributed by atoms with Crippen molar-refractivity contribution in [3.8, 4) is 0 Å². The summed E-state index contributed by atoms with van der Waals surface area (Å²) in [7, 11) is 0. The molecular formula is C23H22ClN5O. The third-order valence-electron chi connectivity index (χ3n) is 5.69. The number of nitrogens with zero attached hydrogens (tertiary/aromatic N) is 2. The number of aromatic amines is 1. The highest BCUT2D eigenvalue weighted by Crippen LogP contribution is 2.23. The monoisotopic (exact) mass is 419 g/mol. The number of hydrogen-bond donors (Lipinski definition) is 3. The number of nitrogens with one attached hydrogen (secondary N) is 2. The summed E-state index contributed by atoms with van der Waals surface area (Å²) in [5.74, 6) is 0.134. The van der Waals surface area contributed by atoms with Gasteiger partial charge >= 0.3 is 0 Å². The number of amides is 1. The third-order valence-corrected chi connectivity index (χ3v) is 5.92. The summed E-state index contributed by atoms with van der Waals surface area (Å²) in [5, 5.41) is 6.12. The van der Waals surface area contributed by atoms with Crippen LogP contribution in [0.1, 0.15) is 17.7 Å². The Bertz CT molecular complexity index is 1250. The minimum absolute atomic E-state index is 0.134. The third kappa shape index (κ3) is 3.60. The molecule has 3 heterocycles. The Hall–Kier alpha value is -3.09. The number of nitrogen functional groups attached to an aromatic ring is 1. The van der Waals surface area contributed by atoms with Crippen LogP contribution in [0.3, 0.4) is 0 Å². The molecular weight excluding hydrogens is 398 g/mol. The first-order valence-corrected chi connectivity index (χ1v) is 10.4. The topological polar surface area (TPSA) is 87.0 Å². The number of nitrogens with two attached hydrogens (primary N) is 1. The van der Waals surface area contributed by atoms with Crippen LogP contribution >= 0.6 is 11.6 Å². The van der Waals surface area contributed by atoms with Crippen molar-refractivity contribution in [2.24, 2.45) is 0 Å². The molecule has 1 aliphatic rings. The molecule has 1 fully saturated rings. The number of fused-ring (bicyclic) bond motifs is 2. The molecule has 2 aromatic heterocycles. The summed E-state index contributed by atoms with van der Waals surface area (Å²) in [4.78, 5) is 22.5. The van der Waals surface area contributed by atoms with Gasteiger partial charge in [0.1, 0.15) is 0 Å². The zero-order valence-corrected chi connectivity index (χ0v) is 17.1. The number of likely N-dealkylation sites (tertiary alicyclic amines) is 1. The SMILES string of the molecule is Nc1ccnc2cc(CN3CCC(NCc4cc5cc(Cl)ccc5[nH]4)C3=O)ccc12. The molecule has 30 heavy (non-hydrogen) atoms. The van der Waals surface area contributed by atoms with E-state index >= 15 is 0 Å². The Labute approximate surface area is 179 Å². The second-order valence-electron chi connectivity index (χ2n) is 7.76. The van der Waals surface area contributed by atoms with Gasteiger partial charge in [-0.05, 0) is 48.4 Å². The van der Waals surface area contributed by atoms with E-state index in [1.54, 1.807) is 12.3 Å². The standard InChI is InChI=1S/C23H22ClN5O/c24-16-2-4-20-15(10-16)11-17(28-20)12-27-21-6-8-29(23(21)30)13-14-1-3-18-19(25)5-7-26-22(18)9-14/h1-5,7,9-11,21,27-28H,6,8,12-13H2,(H2,25,26). The highest BCUT2D eigenvalue weighted by atomic mass is 35.5. The van der Waals surface area contributed by atoms with Crippen LogP contribution in [-0.2, 0) is 17.9 Å². The van der Waals surface area contributed by atoms with Crippen LogP contribution in [0.5, 0.6) is 0 Å². The van der Waals surface area contributed by atoms with E-state index in [1.807, 2.05) is 41.3 Å². The number of hydrogen-bond acceptors (Lipinski definition) is 4. The number of pyridine rings is 1. The lowest BCUT2D eigenvalue weighted by molar-refractivity contribution is -0.129. The van der Waals surface area contributed by atoms with E-state index < -0.39 is 0 Å². The summed E-state index contributed by atoms with van der Waals surface area (Å²) >= 11 is 6.06. The first-order valence-electron chi connectivity index (χ1n) is 9.99. The van der Waals surface area contributed by atoms with Gasteiger partial charge in [-0.3, -0.25) is 9.78 Å². The molecule has 0 radical (unpaired) electrons. The van der Waals surface area contributed by atoms with Gasteiger partial charge in [-0.25, -0.2) is 0 Å². The zero-order chi connectivity index (χ0) is 20.7. The van der Waals surface area contributed by atoms with Crippen LogP contribution in [0.15, 0.2) is 54.7 Å². The van der Waals surface area contributed by atoms with Gasteiger partial charge in [0, 0.05) is 58.5 Å². The van der Waals surface area contributed by atoms with Crippen LogP contribution in [0, 0.1) is 0 Å². The van der Waals surface area contributed by atoms with Gasteiger partial charge in [-0.15, -0.1) is 0 Å². The summed E-state index contributed by atoms with van der Waals surface area (Å²) in [6.07, 6.45) is 2.50. The Balaban J connectivity index is 1.23. The van der Waals surface area contributed by atoms with Crippen molar-refractivity contribution >= 4 is 45.0 Å². The highest BCUT2D eigenvalue weighted by Gasteiger charge is 2.31. The largest absolute Gasteiger partial charge is 0.398 e. The van der Waals surface area contributed by atoms with Crippen molar-refractivity contribution in [2.45, 2.75) is 25.6 Å². The minimum Gasteiger partial charge on any atom is -0.398 e. The first kappa shape index (κ1) is 18.9. The number of carbonyl (C=O) groups is 1. The Kier molecular flexibility index (Phi) is 4.81. The maximum Gasteiger partial charge on any atom is 0.240 e. The fraction of sp³-hybridized carbons (Fsp3) is 0.217. The smallest absolute Gasteiger partial charge is 0.240 e. The van der Waals surface area contributed by atoms with E-state index in [0.29, 0.717) is 23.8 Å².